The molecule has 2 saturated carbocycles. The quantitative estimate of drug-likeness (QED) is 0.269. The Morgan fingerprint density at radius 2 is 2.00 bits per heavy atom. The molecule has 6 rings (SSSR count). The molecule has 1 atom stereocenters. The lowest BCUT2D eigenvalue weighted by atomic mass is 9.69. The lowest BCUT2D eigenvalue weighted by Crippen LogP contribution is -2.38. The number of nitrogens with zero attached hydrogens (tertiary/aromatic N) is 5. The van der Waals surface area contributed by atoms with Gasteiger partial charge in [-0.15, -0.1) is 5.10 Å². The van der Waals surface area contributed by atoms with Gasteiger partial charge in [-0.25, -0.2) is 4.68 Å². The Hall–Kier alpha value is -3.28. The summed E-state index contributed by atoms with van der Waals surface area (Å²) in [7, 11) is 2.05. The number of aromatic nitrogens is 4. The van der Waals surface area contributed by atoms with E-state index in [9.17, 15) is 5.26 Å². The zero-order chi connectivity index (χ0) is 26.5. The van der Waals surface area contributed by atoms with Crippen LogP contribution in [0.4, 0.5) is 11.4 Å². The van der Waals surface area contributed by atoms with Gasteiger partial charge in [0.05, 0.1) is 39.5 Å². The summed E-state index contributed by atoms with van der Waals surface area (Å²) in [6.45, 7) is 3.07. The molecule has 2 aliphatic rings. The average Bonchev–Trinajstić information content (AvgIpc) is 3.61. The molecular formula is C28H28BCl2N7. The molecule has 2 fully saturated rings. The summed E-state index contributed by atoms with van der Waals surface area (Å²) in [5.74, 6) is 0. The fraction of sp³-hybridized carbons (Fsp3) is 0.357. The summed E-state index contributed by atoms with van der Waals surface area (Å²) in [6, 6.07) is 14.3. The highest BCUT2D eigenvalue weighted by Gasteiger charge is 2.36. The molecule has 192 valence electrons. The number of nitrogens with one attached hydrogen (secondary N) is 2. The Labute approximate surface area is 232 Å². The van der Waals surface area contributed by atoms with Gasteiger partial charge in [0.1, 0.15) is 19.6 Å². The number of fused-ring (bicyclic) bond motifs is 1. The van der Waals surface area contributed by atoms with Crippen LogP contribution >= 0.6 is 23.2 Å². The number of anilines is 2. The van der Waals surface area contributed by atoms with E-state index in [4.69, 9.17) is 23.2 Å². The van der Waals surface area contributed by atoms with Crippen molar-refractivity contribution >= 4 is 53.3 Å². The average molecular weight is 544 g/mol. The third-order valence-corrected chi connectivity index (χ3v) is 8.67. The van der Waals surface area contributed by atoms with E-state index in [2.05, 4.69) is 38.9 Å². The van der Waals surface area contributed by atoms with Gasteiger partial charge in [0.2, 0.25) is 0 Å². The molecular weight excluding hydrogens is 516 g/mol. The zero-order valence-electron chi connectivity index (χ0n) is 21.4. The summed E-state index contributed by atoms with van der Waals surface area (Å²) >= 11 is 13.5. The number of benzene rings is 2. The molecule has 0 saturated heterocycles. The second kappa shape index (κ2) is 9.48. The second-order valence-corrected chi connectivity index (χ2v) is 11.9. The van der Waals surface area contributed by atoms with Crippen LogP contribution < -0.4 is 10.6 Å². The largest absolute Gasteiger partial charge is 0.383 e. The highest BCUT2D eigenvalue weighted by Crippen LogP contribution is 2.42. The van der Waals surface area contributed by atoms with Crippen molar-refractivity contribution in [2.45, 2.75) is 50.5 Å². The molecule has 0 amide bonds. The van der Waals surface area contributed by atoms with Gasteiger partial charge in [0.15, 0.2) is 0 Å². The number of halogens is 2. The highest BCUT2D eigenvalue weighted by atomic mass is 35.5. The molecule has 1 unspecified atom stereocenters. The molecule has 0 radical (unpaired) electrons. The van der Waals surface area contributed by atoms with Crippen molar-refractivity contribution in [2.75, 3.05) is 17.2 Å². The van der Waals surface area contributed by atoms with Gasteiger partial charge < -0.3 is 10.6 Å². The molecule has 2 N–H and O–H groups in total. The van der Waals surface area contributed by atoms with Crippen LogP contribution in [0.1, 0.15) is 61.9 Å². The minimum absolute atomic E-state index is 0.234. The van der Waals surface area contributed by atoms with Gasteiger partial charge in [-0.1, -0.05) is 60.0 Å². The zero-order valence-corrected chi connectivity index (χ0v) is 22.9. The van der Waals surface area contributed by atoms with Crippen LogP contribution in [0.5, 0.6) is 0 Å². The van der Waals surface area contributed by atoms with Gasteiger partial charge >= 0.3 is 0 Å². The van der Waals surface area contributed by atoms with E-state index in [-0.39, 0.29) is 5.41 Å². The van der Waals surface area contributed by atoms with E-state index in [1.807, 2.05) is 55.1 Å². The molecule has 2 aliphatic carbocycles. The van der Waals surface area contributed by atoms with Gasteiger partial charge in [-0.3, -0.25) is 4.98 Å². The van der Waals surface area contributed by atoms with Crippen molar-refractivity contribution in [1.29, 1.82) is 5.26 Å². The minimum Gasteiger partial charge on any atom is -0.383 e. The Bertz CT molecular complexity index is 1570. The van der Waals surface area contributed by atoms with Crippen molar-refractivity contribution in [3.8, 4) is 6.07 Å². The van der Waals surface area contributed by atoms with Crippen LogP contribution in [0.25, 0.3) is 10.9 Å². The number of nitriles is 1. The van der Waals surface area contributed by atoms with Crippen LogP contribution in [-0.2, 0) is 5.44 Å². The lowest BCUT2D eigenvalue weighted by molar-refractivity contribution is 0.180. The monoisotopic (exact) mass is 543 g/mol. The molecule has 2 aromatic heterocycles. The van der Waals surface area contributed by atoms with Gasteiger partial charge in [0.25, 0.3) is 0 Å². The summed E-state index contributed by atoms with van der Waals surface area (Å²) in [6.07, 6.45) is 9.42. The highest BCUT2D eigenvalue weighted by molar-refractivity contribution is 6.36. The lowest BCUT2D eigenvalue weighted by Gasteiger charge is -2.39. The van der Waals surface area contributed by atoms with Crippen LogP contribution in [-0.4, -0.2) is 34.4 Å². The molecule has 0 bridgehead atoms. The van der Waals surface area contributed by atoms with Crippen molar-refractivity contribution in [2.24, 2.45) is 5.41 Å². The summed E-state index contributed by atoms with van der Waals surface area (Å²) in [4.78, 5) is 4.52. The van der Waals surface area contributed by atoms with Crippen LogP contribution in [0, 0.1) is 16.7 Å². The van der Waals surface area contributed by atoms with Crippen LogP contribution in [0.2, 0.25) is 10.0 Å². The Kier molecular flexibility index (Phi) is 6.24. The number of hydrogen-bond donors (Lipinski definition) is 2. The Morgan fingerprint density at radius 1 is 1.21 bits per heavy atom. The fourth-order valence-corrected chi connectivity index (χ4v) is 5.91. The topological polar surface area (TPSA) is 91.5 Å². The van der Waals surface area contributed by atoms with E-state index >= 15 is 0 Å². The molecule has 7 nitrogen and oxygen atoms in total. The molecule has 38 heavy (non-hydrogen) atoms. The summed E-state index contributed by atoms with van der Waals surface area (Å²) in [5.41, 5.74) is 3.74. The standard InChI is InChI=1S/C28H28BCl2N7/c1-27(9-4-10-27)16-34-25-17(13-32)14-33-26-20(25)11-18(12-23(26)31)35-28(29,21-5-2-3-6-22(21)30)24-15-38(37-36-24)19-7-8-19/h2-3,5-6,11-12,14-15,19,35H,4,7-10,16,29H2,1H3,(H,33,34). The summed E-state index contributed by atoms with van der Waals surface area (Å²) in [5, 5.41) is 28.0. The number of pyridine rings is 1. The molecule has 2 heterocycles. The fourth-order valence-electron chi connectivity index (χ4n) is 5.31. The van der Waals surface area contributed by atoms with E-state index in [0.717, 1.165) is 47.4 Å². The number of rotatable bonds is 8. The first-order valence-corrected chi connectivity index (χ1v) is 13.8. The van der Waals surface area contributed by atoms with E-state index in [1.54, 1.807) is 6.20 Å². The van der Waals surface area contributed by atoms with Crippen molar-refractivity contribution in [1.82, 2.24) is 20.0 Å². The van der Waals surface area contributed by atoms with E-state index in [1.165, 1.54) is 19.3 Å². The molecule has 0 aliphatic heterocycles. The predicted molar refractivity (Wildman–Crippen MR) is 155 cm³/mol. The molecule has 4 aromatic rings. The van der Waals surface area contributed by atoms with Gasteiger partial charge in [-0.05, 0) is 54.9 Å². The summed E-state index contributed by atoms with van der Waals surface area (Å²) < 4.78 is 1.94. The van der Waals surface area contributed by atoms with Crippen LogP contribution in [0.15, 0.2) is 48.8 Å². The Morgan fingerprint density at radius 3 is 2.68 bits per heavy atom. The molecule has 10 heteroatoms. The van der Waals surface area contributed by atoms with Crippen molar-refractivity contribution < 1.29 is 0 Å². The van der Waals surface area contributed by atoms with E-state index in [0.29, 0.717) is 27.2 Å². The first-order chi connectivity index (χ1) is 18.3. The smallest absolute Gasteiger partial charge is 0.148 e. The third kappa shape index (κ3) is 4.48. The molecule has 2 aromatic carbocycles. The van der Waals surface area contributed by atoms with Gasteiger partial charge in [-0.2, -0.15) is 5.26 Å². The predicted octanol–water partition coefficient (Wildman–Crippen LogP) is 5.89. The maximum absolute atomic E-state index is 9.87. The SMILES string of the molecule is BC(Nc1cc(Cl)c2ncc(C#N)c(NCC3(C)CCC3)c2c1)(c1cn(C2CC2)nn1)c1ccccc1Cl. The minimum atomic E-state index is -0.796. The van der Waals surface area contributed by atoms with Gasteiger partial charge in [0, 0.05) is 28.8 Å². The Balaban J connectivity index is 1.45. The van der Waals surface area contributed by atoms with Crippen molar-refractivity contribution in [3.63, 3.8) is 0 Å². The maximum Gasteiger partial charge on any atom is 0.148 e. The van der Waals surface area contributed by atoms with Crippen molar-refractivity contribution in [3.05, 3.63) is 75.7 Å². The second-order valence-electron chi connectivity index (χ2n) is 11.1. The first kappa shape index (κ1) is 25.0. The number of hydrogen-bond acceptors (Lipinski definition) is 6. The third-order valence-electron chi connectivity index (χ3n) is 8.05. The van der Waals surface area contributed by atoms with Crippen LogP contribution in [0.3, 0.4) is 0 Å². The normalized spacial score (nSPS) is 17.8. The van der Waals surface area contributed by atoms with E-state index < -0.39 is 5.44 Å². The first-order valence-electron chi connectivity index (χ1n) is 13.0. The maximum atomic E-state index is 9.87. The molecule has 0 spiro atoms.